The van der Waals surface area contributed by atoms with E-state index in [9.17, 15) is 9.90 Å². The molecule has 14 heavy (non-hydrogen) atoms. The highest BCUT2D eigenvalue weighted by atomic mass is 16.4. The number of aliphatic carboxylic acids is 1. The molecule has 1 fully saturated rings. The smallest absolute Gasteiger partial charge is 0.334 e. The van der Waals surface area contributed by atoms with Gasteiger partial charge in [-0.3, -0.25) is 0 Å². The van der Waals surface area contributed by atoms with Crippen LogP contribution in [0.2, 0.25) is 0 Å². The summed E-state index contributed by atoms with van der Waals surface area (Å²) in [5.74, 6) is -0.707. The summed E-state index contributed by atoms with van der Waals surface area (Å²) in [4.78, 5) is 10.5. The lowest BCUT2D eigenvalue weighted by molar-refractivity contribution is -0.147. The summed E-state index contributed by atoms with van der Waals surface area (Å²) in [6.07, 6.45) is 5.17. The first kappa shape index (κ1) is 11.5. The molecular formula is C10H19NO3. The fourth-order valence-electron chi connectivity index (χ4n) is 2.12. The second-order valence-electron chi connectivity index (χ2n) is 4.19. The minimum atomic E-state index is -1.41. The fourth-order valence-corrected chi connectivity index (χ4v) is 2.12. The van der Waals surface area contributed by atoms with Crippen LogP contribution in [0.5, 0.6) is 0 Å². The topological polar surface area (TPSA) is 83.5 Å². The number of aliphatic hydroxyl groups excluding tert-OH is 1. The molecule has 0 bridgehead atoms. The van der Waals surface area contributed by atoms with E-state index in [2.05, 4.69) is 0 Å². The van der Waals surface area contributed by atoms with Crippen molar-refractivity contribution in [2.45, 2.75) is 50.7 Å². The van der Waals surface area contributed by atoms with Crippen LogP contribution in [0.4, 0.5) is 0 Å². The fraction of sp³-hybridized carbons (Fsp3) is 0.900. The molecule has 4 heteroatoms. The molecule has 0 aromatic heterocycles. The molecule has 82 valence electrons. The number of carbonyl (C=O) groups is 1. The number of hydrogen-bond acceptors (Lipinski definition) is 3. The highest BCUT2D eigenvalue weighted by Gasteiger charge is 2.25. The predicted molar refractivity (Wildman–Crippen MR) is 52.8 cm³/mol. The number of aliphatic hydroxyl groups is 1. The van der Waals surface area contributed by atoms with E-state index in [0.29, 0.717) is 12.3 Å². The number of hydrogen-bond donors (Lipinski definition) is 3. The Labute approximate surface area is 84.1 Å². The maximum absolute atomic E-state index is 10.5. The lowest BCUT2D eigenvalue weighted by atomic mass is 9.84. The summed E-state index contributed by atoms with van der Waals surface area (Å²) in [5.41, 5.74) is 5.62. The Kier molecular flexibility index (Phi) is 4.35. The molecule has 0 spiro atoms. The lowest BCUT2D eigenvalue weighted by Crippen LogP contribution is -2.41. The van der Waals surface area contributed by atoms with Crippen LogP contribution in [0.3, 0.4) is 0 Å². The van der Waals surface area contributed by atoms with Crippen LogP contribution in [0.25, 0.3) is 0 Å². The van der Waals surface area contributed by atoms with E-state index >= 15 is 0 Å². The molecule has 0 amide bonds. The normalized spacial score (nSPS) is 23.0. The quantitative estimate of drug-likeness (QED) is 0.626. The Balaban J connectivity index is 2.31. The first-order chi connectivity index (χ1) is 6.61. The Bertz CT molecular complexity index is 190. The standard InChI is InChI=1S/C10H19NO3/c11-8(9(12)10(13)14)6-7-4-2-1-3-5-7/h7-9,12H,1-6,11H2,(H,13,14)/t8-,9+/m1/s1. The van der Waals surface area contributed by atoms with Gasteiger partial charge in [0.15, 0.2) is 6.10 Å². The minimum Gasteiger partial charge on any atom is -0.479 e. The summed E-state index contributed by atoms with van der Waals surface area (Å²) in [7, 11) is 0. The van der Waals surface area contributed by atoms with Crippen LogP contribution in [-0.4, -0.2) is 28.3 Å². The summed E-state index contributed by atoms with van der Waals surface area (Å²) >= 11 is 0. The van der Waals surface area contributed by atoms with Crippen LogP contribution in [0.1, 0.15) is 38.5 Å². The van der Waals surface area contributed by atoms with Gasteiger partial charge in [0, 0.05) is 6.04 Å². The molecule has 0 aromatic rings. The third kappa shape index (κ3) is 3.27. The van der Waals surface area contributed by atoms with E-state index in [1.807, 2.05) is 0 Å². The van der Waals surface area contributed by atoms with Crippen molar-refractivity contribution in [1.82, 2.24) is 0 Å². The predicted octanol–water partition coefficient (Wildman–Crippen LogP) is 0.730. The minimum absolute atomic E-state index is 0.507. The maximum Gasteiger partial charge on any atom is 0.334 e. The summed E-state index contributed by atoms with van der Waals surface area (Å²) in [6.45, 7) is 0. The van der Waals surface area contributed by atoms with Crippen LogP contribution < -0.4 is 5.73 Å². The summed E-state index contributed by atoms with van der Waals surface area (Å²) in [5, 5.41) is 17.8. The van der Waals surface area contributed by atoms with Gasteiger partial charge in [0.25, 0.3) is 0 Å². The second-order valence-corrected chi connectivity index (χ2v) is 4.19. The van der Waals surface area contributed by atoms with E-state index in [1.54, 1.807) is 0 Å². The average molecular weight is 201 g/mol. The van der Waals surface area contributed by atoms with Gasteiger partial charge >= 0.3 is 5.97 Å². The number of nitrogens with two attached hydrogens (primary N) is 1. The van der Waals surface area contributed by atoms with Gasteiger partial charge in [-0.15, -0.1) is 0 Å². The van der Waals surface area contributed by atoms with Gasteiger partial charge in [-0.1, -0.05) is 32.1 Å². The first-order valence-electron chi connectivity index (χ1n) is 5.27. The van der Waals surface area contributed by atoms with Crippen LogP contribution >= 0.6 is 0 Å². The zero-order chi connectivity index (χ0) is 10.6. The highest BCUT2D eigenvalue weighted by molar-refractivity contribution is 5.72. The Morgan fingerprint density at radius 2 is 1.93 bits per heavy atom. The van der Waals surface area contributed by atoms with Crippen molar-refractivity contribution >= 4 is 5.97 Å². The van der Waals surface area contributed by atoms with Gasteiger partial charge in [-0.05, 0) is 12.3 Å². The molecule has 0 radical (unpaired) electrons. The highest BCUT2D eigenvalue weighted by Crippen LogP contribution is 2.27. The van der Waals surface area contributed by atoms with Crippen LogP contribution in [0.15, 0.2) is 0 Å². The molecule has 0 heterocycles. The van der Waals surface area contributed by atoms with Gasteiger partial charge in [0.05, 0.1) is 0 Å². The third-order valence-corrected chi connectivity index (χ3v) is 2.99. The van der Waals surface area contributed by atoms with Crippen molar-refractivity contribution in [2.75, 3.05) is 0 Å². The van der Waals surface area contributed by atoms with Crippen molar-refractivity contribution in [3.05, 3.63) is 0 Å². The summed E-state index contributed by atoms with van der Waals surface area (Å²) < 4.78 is 0. The van der Waals surface area contributed by atoms with Crippen LogP contribution in [0, 0.1) is 5.92 Å². The lowest BCUT2D eigenvalue weighted by Gasteiger charge is -2.25. The van der Waals surface area contributed by atoms with E-state index in [4.69, 9.17) is 10.8 Å². The zero-order valence-corrected chi connectivity index (χ0v) is 8.35. The van der Waals surface area contributed by atoms with Crippen molar-refractivity contribution in [3.8, 4) is 0 Å². The van der Waals surface area contributed by atoms with Gasteiger partial charge in [-0.25, -0.2) is 4.79 Å². The first-order valence-corrected chi connectivity index (χ1v) is 5.27. The Morgan fingerprint density at radius 3 is 2.43 bits per heavy atom. The number of rotatable bonds is 4. The molecule has 0 saturated heterocycles. The molecule has 1 saturated carbocycles. The Hall–Kier alpha value is -0.610. The van der Waals surface area contributed by atoms with Crippen molar-refractivity contribution < 1.29 is 15.0 Å². The number of carboxylic acids is 1. The van der Waals surface area contributed by atoms with E-state index in [1.165, 1.54) is 19.3 Å². The molecule has 1 rings (SSSR count). The third-order valence-electron chi connectivity index (χ3n) is 2.99. The second kappa shape index (κ2) is 5.32. The van der Waals surface area contributed by atoms with E-state index < -0.39 is 18.1 Å². The van der Waals surface area contributed by atoms with Gasteiger partial charge in [0.2, 0.25) is 0 Å². The molecule has 0 unspecified atom stereocenters. The molecule has 2 atom stereocenters. The van der Waals surface area contributed by atoms with Gasteiger partial charge < -0.3 is 15.9 Å². The molecule has 4 N–H and O–H groups in total. The molecular weight excluding hydrogens is 182 g/mol. The monoisotopic (exact) mass is 201 g/mol. The Morgan fingerprint density at radius 1 is 1.36 bits per heavy atom. The van der Waals surface area contributed by atoms with Crippen molar-refractivity contribution in [3.63, 3.8) is 0 Å². The molecule has 4 nitrogen and oxygen atoms in total. The van der Waals surface area contributed by atoms with Crippen LogP contribution in [-0.2, 0) is 4.79 Å². The van der Waals surface area contributed by atoms with E-state index in [-0.39, 0.29) is 0 Å². The zero-order valence-electron chi connectivity index (χ0n) is 8.35. The van der Waals surface area contributed by atoms with Crippen molar-refractivity contribution in [1.29, 1.82) is 0 Å². The maximum atomic E-state index is 10.5. The number of carboxylic acid groups (broad SMARTS) is 1. The van der Waals surface area contributed by atoms with Crippen molar-refractivity contribution in [2.24, 2.45) is 11.7 Å². The van der Waals surface area contributed by atoms with E-state index in [0.717, 1.165) is 12.8 Å². The average Bonchev–Trinajstić information content (AvgIpc) is 2.18. The molecule has 1 aliphatic carbocycles. The van der Waals surface area contributed by atoms with Gasteiger partial charge in [0.1, 0.15) is 0 Å². The summed E-state index contributed by atoms with van der Waals surface area (Å²) in [6, 6.07) is -0.615. The molecule has 0 aliphatic heterocycles. The van der Waals surface area contributed by atoms with Gasteiger partial charge in [-0.2, -0.15) is 0 Å². The largest absolute Gasteiger partial charge is 0.479 e. The molecule has 1 aliphatic rings. The molecule has 0 aromatic carbocycles. The SMILES string of the molecule is N[C@H](CC1CCCCC1)[C@H](O)C(=O)O.